The number of imidazole rings is 1. The fourth-order valence-corrected chi connectivity index (χ4v) is 4.00. The predicted molar refractivity (Wildman–Crippen MR) is 108 cm³/mol. The summed E-state index contributed by atoms with van der Waals surface area (Å²) in [6, 6.07) is 10.6. The van der Waals surface area contributed by atoms with Gasteiger partial charge in [-0.2, -0.15) is 5.26 Å². The van der Waals surface area contributed by atoms with Crippen molar-refractivity contribution in [3.63, 3.8) is 0 Å². The second-order valence-corrected chi connectivity index (χ2v) is 7.71. The first kappa shape index (κ1) is 17.8. The Hall–Kier alpha value is -2.58. The van der Waals surface area contributed by atoms with E-state index in [2.05, 4.69) is 42.2 Å². The molecule has 2 aromatic heterocycles. The van der Waals surface area contributed by atoms with E-state index >= 15 is 0 Å². The molecule has 0 N–H and O–H groups in total. The molecule has 0 bridgehead atoms. The Morgan fingerprint density at radius 1 is 1.22 bits per heavy atom. The summed E-state index contributed by atoms with van der Waals surface area (Å²) < 4.78 is 7.81. The van der Waals surface area contributed by atoms with Gasteiger partial charge >= 0.3 is 0 Å². The Balaban J connectivity index is 2.07. The minimum Gasteiger partial charge on any atom is -0.378 e. The molecule has 0 radical (unpaired) electrons. The van der Waals surface area contributed by atoms with Crippen LogP contribution in [0.1, 0.15) is 37.0 Å². The standard InChI is InChI=1S/C22H26N4O/c1-15(2)8-9-17-16(3)18(14-23)21-24-19-6-4-5-7-20(19)26(21)22(17)25-10-12-27-13-11-25/h4-7,15H,8-13H2,1-3H3. The van der Waals surface area contributed by atoms with Gasteiger partial charge in [-0.25, -0.2) is 4.98 Å². The molecule has 3 heterocycles. The average Bonchev–Trinajstić information content (AvgIpc) is 3.05. The fraction of sp³-hybridized carbons (Fsp3) is 0.455. The van der Waals surface area contributed by atoms with Crippen LogP contribution in [0.4, 0.5) is 5.82 Å². The van der Waals surface area contributed by atoms with Gasteiger partial charge in [0, 0.05) is 13.1 Å². The molecular formula is C22H26N4O. The monoisotopic (exact) mass is 362 g/mol. The van der Waals surface area contributed by atoms with Crippen molar-refractivity contribution in [1.29, 1.82) is 5.26 Å². The Labute approximate surface area is 160 Å². The number of para-hydroxylation sites is 2. The van der Waals surface area contributed by atoms with Crippen molar-refractivity contribution < 1.29 is 4.74 Å². The number of morpholine rings is 1. The summed E-state index contributed by atoms with van der Waals surface area (Å²) in [4.78, 5) is 7.23. The number of nitriles is 1. The summed E-state index contributed by atoms with van der Waals surface area (Å²) in [5, 5.41) is 9.91. The number of nitrogens with zero attached hydrogens (tertiary/aromatic N) is 4. The number of anilines is 1. The van der Waals surface area contributed by atoms with Gasteiger partial charge in [0.2, 0.25) is 0 Å². The molecule has 3 aromatic rings. The molecule has 0 saturated carbocycles. The number of aromatic nitrogens is 2. The first-order chi connectivity index (χ1) is 13.1. The second kappa shape index (κ2) is 7.21. The zero-order valence-corrected chi connectivity index (χ0v) is 16.3. The van der Waals surface area contributed by atoms with Crippen LogP contribution in [0.25, 0.3) is 16.7 Å². The van der Waals surface area contributed by atoms with Gasteiger partial charge in [0.1, 0.15) is 11.9 Å². The summed E-state index contributed by atoms with van der Waals surface area (Å²) in [5.74, 6) is 1.81. The first-order valence-electron chi connectivity index (χ1n) is 9.77. The maximum atomic E-state index is 9.91. The zero-order valence-electron chi connectivity index (χ0n) is 16.3. The summed E-state index contributed by atoms with van der Waals surface area (Å²) in [6.07, 6.45) is 2.06. The Morgan fingerprint density at radius 2 is 1.96 bits per heavy atom. The maximum Gasteiger partial charge on any atom is 0.157 e. The molecule has 0 spiro atoms. The van der Waals surface area contributed by atoms with E-state index in [1.807, 2.05) is 18.2 Å². The van der Waals surface area contributed by atoms with Crippen LogP contribution < -0.4 is 4.90 Å². The molecule has 0 amide bonds. The zero-order chi connectivity index (χ0) is 19.0. The molecule has 27 heavy (non-hydrogen) atoms. The third-order valence-electron chi connectivity index (χ3n) is 5.49. The van der Waals surface area contributed by atoms with Gasteiger partial charge in [0.05, 0.1) is 29.8 Å². The molecule has 1 fully saturated rings. The van der Waals surface area contributed by atoms with Gasteiger partial charge in [0.25, 0.3) is 0 Å². The van der Waals surface area contributed by atoms with Gasteiger partial charge in [-0.3, -0.25) is 4.40 Å². The van der Waals surface area contributed by atoms with Crippen LogP contribution >= 0.6 is 0 Å². The quantitative estimate of drug-likeness (QED) is 0.701. The molecule has 0 aliphatic carbocycles. The number of pyridine rings is 1. The topological polar surface area (TPSA) is 53.6 Å². The second-order valence-electron chi connectivity index (χ2n) is 7.71. The van der Waals surface area contributed by atoms with Crippen molar-refractivity contribution in [1.82, 2.24) is 9.38 Å². The molecule has 140 valence electrons. The molecule has 1 aliphatic rings. The molecule has 0 atom stereocenters. The number of ether oxygens (including phenoxy) is 1. The molecule has 1 aliphatic heterocycles. The molecular weight excluding hydrogens is 336 g/mol. The highest BCUT2D eigenvalue weighted by Crippen LogP contribution is 2.34. The highest BCUT2D eigenvalue weighted by atomic mass is 16.5. The third-order valence-corrected chi connectivity index (χ3v) is 5.49. The highest BCUT2D eigenvalue weighted by Gasteiger charge is 2.25. The van der Waals surface area contributed by atoms with Crippen molar-refractivity contribution in [3.05, 3.63) is 41.0 Å². The number of hydrogen-bond acceptors (Lipinski definition) is 4. The predicted octanol–water partition coefficient (Wildman–Crippen LogP) is 4.09. The smallest absolute Gasteiger partial charge is 0.157 e. The van der Waals surface area contributed by atoms with Gasteiger partial charge in [-0.15, -0.1) is 0 Å². The van der Waals surface area contributed by atoms with Crippen molar-refractivity contribution >= 4 is 22.5 Å². The van der Waals surface area contributed by atoms with Crippen LogP contribution in [-0.4, -0.2) is 35.7 Å². The Kier molecular flexibility index (Phi) is 4.75. The molecule has 1 saturated heterocycles. The molecule has 5 nitrogen and oxygen atoms in total. The Bertz CT molecular complexity index is 1020. The summed E-state index contributed by atoms with van der Waals surface area (Å²) in [7, 11) is 0. The van der Waals surface area contributed by atoms with E-state index in [-0.39, 0.29) is 0 Å². The molecule has 1 aromatic carbocycles. The van der Waals surface area contributed by atoms with Gasteiger partial charge in [-0.05, 0) is 48.9 Å². The minimum atomic E-state index is 0.614. The van der Waals surface area contributed by atoms with Crippen LogP contribution in [0.3, 0.4) is 0 Å². The minimum absolute atomic E-state index is 0.614. The summed E-state index contributed by atoms with van der Waals surface area (Å²) >= 11 is 0. The number of rotatable bonds is 4. The van der Waals surface area contributed by atoms with Crippen molar-refractivity contribution in [2.75, 3.05) is 31.2 Å². The van der Waals surface area contributed by atoms with Crippen LogP contribution in [0.5, 0.6) is 0 Å². The van der Waals surface area contributed by atoms with Crippen LogP contribution in [0, 0.1) is 24.2 Å². The van der Waals surface area contributed by atoms with E-state index in [0.29, 0.717) is 11.5 Å². The van der Waals surface area contributed by atoms with E-state index in [1.165, 1.54) is 11.4 Å². The number of fused-ring (bicyclic) bond motifs is 3. The number of benzene rings is 1. The lowest BCUT2D eigenvalue weighted by molar-refractivity contribution is 0.122. The van der Waals surface area contributed by atoms with E-state index in [4.69, 9.17) is 9.72 Å². The summed E-state index contributed by atoms with van der Waals surface area (Å²) in [5.41, 5.74) is 5.81. The lowest BCUT2D eigenvalue weighted by Crippen LogP contribution is -2.38. The van der Waals surface area contributed by atoms with Gasteiger partial charge < -0.3 is 9.64 Å². The molecule has 5 heteroatoms. The maximum absolute atomic E-state index is 9.91. The van der Waals surface area contributed by atoms with Crippen LogP contribution in [0.2, 0.25) is 0 Å². The van der Waals surface area contributed by atoms with Crippen LogP contribution in [0.15, 0.2) is 24.3 Å². The largest absolute Gasteiger partial charge is 0.378 e. The third kappa shape index (κ3) is 3.04. The Morgan fingerprint density at radius 3 is 2.67 bits per heavy atom. The van der Waals surface area contributed by atoms with Crippen molar-refractivity contribution in [3.8, 4) is 6.07 Å². The van der Waals surface area contributed by atoms with E-state index < -0.39 is 0 Å². The lowest BCUT2D eigenvalue weighted by atomic mass is 9.96. The van der Waals surface area contributed by atoms with Crippen LogP contribution in [-0.2, 0) is 11.2 Å². The summed E-state index contributed by atoms with van der Waals surface area (Å²) in [6.45, 7) is 9.77. The average molecular weight is 362 g/mol. The van der Waals surface area contributed by atoms with E-state index in [1.54, 1.807) is 0 Å². The SMILES string of the molecule is Cc1c(CCC(C)C)c(N2CCOCC2)n2c(nc3ccccc32)c1C#N. The highest BCUT2D eigenvalue weighted by molar-refractivity contribution is 5.86. The lowest BCUT2D eigenvalue weighted by Gasteiger charge is -2.32. The number of hydrogen-bond donors (Lipinski definition) is 0. The van der Waals surface area contributed by atoms with Crippen molar-refractivity contribution in [2.24, 2.45) is 5.92 Å². The van der Waals surface area contributed by atoms with E-state index in [0.717, 1.165) is 61.4 Å². The molecule has 0 unspecified atom stereocenters. The fourth-order valence-electron chi connectivity index (χ4n) is 4.00. The first-order valence-corrected chi connectivity index (χ1v) is 9.77. The molecule has 4 rings (SSSR count). The van der Waals surface area contributed by atoms with Gasteiger partial charge in [-0.1, -0.05) is 26.0 Å². The van der Waals surface area contributed by atoms with E-state index in [9.17, 15) is 5.26 Å². The normalized spacial score (nSPS) is 15.0. The van der Waals surface area contributed by atoms with Gasteiger partial charge in [0.15, 0.2) is 5.65 Å². The van der Waals surface area contributed by atoms with Crippen molar-refractivity contribution in [2.45, 2.75) is 33.6 Å².